The third-order valence-electron chi connectivity index (χ3n) is 4.62. The summed E-state index contributed by atoms with van der Waals surface area (Å²) in [5, 5.41) is 2.96. The van der Waals surface area contributed by atoms with Gasteiger partial charge in [-0.2, -0.15) is 17.6 Å². The molecule has 1 N–H and O–H groups in total. The monoisotopic (exact) mass is 420 g/mol. The molecule has 29 heavy (non-hydrogen) atoms. The normalized spacial score (nSPS) is 20.1. The summed E-state index contributed by atoms with van der Waals surface area (Å²) in [5.41, 5.74) is -0.261. The third-order valence-corrected chi connectivity index (χ3v) is 4.62. The Hall–Kier alpha value is -2.76. The van der Waals surface area contributed by atoms with Gasteiger partial charge in [0.05, 0.1) is 6.04 Å². The van der Waals surface area contributed by atoms with Crippen LogP contribution >= 0.6 is 0 Å². The number of carbonyl (C=O) groups excluding carboxylic acids is 1. The van der Waals surface area contributed by atoms with Crippen LogP contribution in [0.1, 0.15) is 13.8 Å². The minimum atomic E-state index is -3.20. The molecule has 1 fully saturated rings. The molecule has 0 radical (unpaired) electrons. The maximum atomic E-state index is 14.4. The number of anilines is 1. The summed E-state index contributed by atoms with van der Waals surface area (Å²) < 4.78 is 72.2. The Morgan fingerprint density at radius 1 is 1.24 bits per heavy atom. The summed E-state index contributed by atoms with van der Waals surface area (Å²) in [7, 11) is 0. The van der Waals surface area contributed by atoms with Crippen molar-refractivity contribution in [1.82, 2.24) is 14.9 Å². The maximum Gasteiger partial charge on any atom is 0.387 e. The van der Waals surface area contributed by atoms with E-state index in [9.17, 15) is 26.7 Å². The van der Waals surface area contributed by atoms with E-state index in [1.165, 1.54) is 17.9 Å². The van der Waals surface area contributed by atoms with E-state index in [4.69, 9.17) is 0 Å². The van der Waals surface area contributed by atoms with E-state index >= 15 is 0 Å². The minimum Gasteiger partial charge on any atom is -0.432 e. The molecule has 7 nitrogen and oxygen atoms in total. The van der Waals surface area contributed by atoms with Crippen molar-refractivity contribution in [2.75, 3.05) is 11.9 Å². The molecule has 1 saturated heterocycles. The number of likely N-dealkylation sites (tertiary alicyclic amines) is 1. The number of aromatic nitrogens is 2. The highest BCUT2D eigenvalue weighted by molar-refractivity contribution is 5.93. The van der Waals surface area contributed by atoms with E-state index in [1.54, 1.807) is 6.92 Å². The molecule has 12 heteroatoms. The number of rotatable bonds is 7. The number of alkyl halides is 4. The first-order chi connectivity index (χ1) is 13.7. The Balaban J connectivity index is 1.74. The van der Waals surface area contributed by atoms with E-state index in [0.29, 0.717) is 0 Å². The summed E-state index contributed by atoms with van der Waals surface area (Å²) in [6.07, 6.45) is 0.254. The molecule has 3 rings (SSSR count). The number of hydrogen-bond acceptors (Lipinski definition) is 6. The highest BCUT2D eigenvalue weighted by Crippen LogP contribution is 2.30. The number of ether oxygens (including phenoxy) is 2. The summed E-state index contributed by atoms with van der Waals surface area (Å²) in [6.45, 7) is -2.99. The second-order valence-corrected chi connectivity index (χ2v) is 6.41. The molecule has 0 saturated carbocycles. The van der Waals surface area contributed by atoms with Crippen LogP contribution in [-0.2, 0) is 9.53 Å². The van der Waals surface area contributed by atoms with Crippen molar-refractivity contribution in [2.45, 2.75) is 45.3 Å². The van der Waals surface area contributed by atoms with Gasteiger partial charge in [0.15, 0.2) is 11.6 Å². The molecule has 2 aromatic rings. The molecule has 1 amide bonds. The van der Waals surface area contributed by atoms with Gasteiger partial charge in [-0.05, 0) is 26.0 Å². The predicted octanol–water partition coefficient (Wildman–Crippen LogP) is 3.01. The fourth-order valence-corrected chi connectivity index (χ4v) is 3.05. The predicted molar refractivity (Wildman–Crippen MR) is 91.3 cm³/mol. The Labute approximate surface area is 161 Å². The van der Waals surface area contributed by atoms with E-state index in [-0.39, 0.29) is 23.3 Å². The fraction of sp³-hybridized carbons (Fsp3) is 0.471. The second kappa shape index (κ2) is 8.31. The van der Waals surface area contributed by atoms with Crippen molar-refractivity contribution in [2.24, 2.45) is 0 Å². The molecular formula is C17H17F5N4O3. The first-order valence-corrected chi connectivity index (χ1v) is 8.57. The topological polar surface area (TPSA) is 76.6 Å². The van der Waals surface area contributed by atoms with Gasteiger partial charge < -0.3 is 19.7 Å². The summed E-state index contributed by atoms with van der Waals surface area (Å²) >= 11 is 0. The lowest BCUT2D eigenvalue weighted by Crippen LogP contribution is -2.64. The van der Waals surface area contributed by atoms with Crippen molar-refractivity contribution in [3.05, 3.63) is 24.3 Å². The molecule has 158 valence electrons. The standard InChI is InChI=1S/C17H17F5N4O3/c1-7(15(27)26-5-11(8(26)2)29-17(21)22)25-14-9-3-4-10(28-16(19)20)12(18)13(9)23-6-24-14/h3-4,6-8,11,16-17H,5H2,1-2H3,(H,23,24,25)/t7-,8+,11+/m1/s1. The molecule has 0 bridgehead atoms. The van der Waals surface area contributed by atoms with Crippen LogP contribution < -0.4 is 10.1 Å². The largest absolute Gasteiger partial charge is 0.432 e. The molecule has 1 aromatic carbocycles. The summed E-state index contributed by atoms with van der Waals surface area (Å²) in [4.78, 5) is 21.6. The van der Waals surface area contributed by atoms with Crippen molar-refractivity contribution in [1.29, 1.82) is 0 Å². The number of halogens is 5. The SMILES string of the molecule is C[C@@H](Nc1ncnc2c(F)c(OC(F)F)ccc12)C(=O)N1C[C@H](OC(F)F)[C@@H]1C. The van der Waals surface area contributed by atoms with Gasteiger partial charge >= 0.3 is 13.2 Å². The molecule has 2 heterocycles. The Morgan fingerprint density at radius 3 is 2.59 bits per heavy atom. The maximum absolute atomic E-state index is 14.4. The average Bonchev–Trinajstić information content (AvgIpc) is 2.66. The van der Waals surface area contributed by atoms with Crippen LogP contribution in [0.15, 0.2) is 18.5 Å². The zero-order valence-electron chi connectivity index (χ0n) is 15.3. The smallest absolute Gasteiger partial charge is 0.387 e. The fourth-order valence-electron chi connectivity index (χ4n) is 3.05. The molecule has 0 unspecified atom stereocenters. The van der Waals surface area contributed by atoms with Gasteiger partial charge in [-0.25, -0.2) is 14.4 Å². The lowest BCUT2D eigenvalue weighted by atomic mass is 10.00. The molecule has 1 aliphatic rings. The zero-order valence-corrected chi connectivity index (χ0v) is 15.3. The number of nitrogens with zero attached hydrogens (tertiary/aromatic N) is 3. The average molecular weight is 420 g/mol. The molecule has 1 aromatic heterocycles. The summed E-state index contributed by atoms with van der Waals surface area (Å²) in [6, 6.07) is 0.931. The van der Waals surface area contributed by atoms with Crippen LogP contribution in [0.2, 0.25) is 0 Å². The van der Waals surface area contributed by atoms with Gasteiger partial charge in [0.25, 0.3) is 0 Å². The second-order valence-electron chi connectivity index (χ2n) is 6.41. The van der Waals surface area contributed by atoms with E-state index < -0.39 is 48.9 Å². The molecular weight excluding hydrogens is 403 g/mol. The van der Waals surface area contributed by atoms with Gasteiger partial charge in [0, 0.05) is 11.9 Å². The van der Waals surface area contributed by atoms with Gasteiger partial charge in [0.1, 0.15) is 29.8 Å². The highest BCUT2D eigenvalue weighted by atomic mass is 19.3. The molecule has 1 aliphatic heterocycles. The number of amides is 1. The number of carbonyl (C=O) groups is 1. The lowest BCUT2D eigenvalue weighted by Gasteiger charge is -2.46. The van der Waals surface area contributed by atoms with Crippen LogP contribution in [0.4, 0.5) is 27.8 Å². The van der Waals surface area contributed by atoms with Crippen LogP contribution in [0, 0.1) is 5.82 Å². The van der Waals surface area contributed by atoms with Crippen LogP contribution in [-0.4, -0.2) is 58.7 Å². The van der Waals surface area contributed by atoms with Crippen molar-refractivity contribution < 1.29 is 36.2 Å². The van der Waals surface area contributed by atoms with Gasteiger partial charge in [-0.3, -0.25) is 4.79 Å². The Kier molecular flexibility index (Phi) is 6.01. The van der Waals surface area contributed by atoms with Crippen LogP contribution in [0.25, 0.3) is 10.9 Å². The lowest BCUT2D eigenvalue weighted by molar-refractivity contribution is -0.215. The molecule has 0 spiro atoms. The number of hydrogen-bond donors (Lipinski definition) is 1. The van der Waals surface area contributed by atoms with Crippen molar-refractivity contribution >= 4 is 22.6 Å². The van der Waals surface area contributed by atoms with E-state index in [2.05, 4.69) is 24.8 Å². The Morgan fingerprint density at radius 2 is 1.97 bits per heavy atom. The number of benzene rings is 1. The Bertz CT molecular complexity index is 901. The first-order valence-electron chi connectivity index (χ1n) is 8.57. The number of nitrogens with one attached hydrogen (secondary N) is 1. The van der Waals surface area contributed by atoms with Crippen LogP contribution in [0.3, 0.4) is 0 Å². The van der Waals surface area contributed by atoms with Gasteiger partial charge in [-0.15, -0.1) is 0 Å². The third kappa shape index (κ3) is 4.31. The number of fused-ring (bicyclic) bond motifs is 1. The molecule has 0 aliphatic carbocycles. The van der Waals surface area contributed by atoms with Gasteiger partial charge in [0.2, 0.25) is 5.91 Å². The van der Waals surface area contributed by atoms with E-state index in [1.807, 2.05) is 0 Å². The van der Waals surface area contributed by atoms with Gasteiger partial charge in [-0.1, -0.05) is 0 Å². The quantitative estimate of drug-likeness (QED) is 0.694. The zero-order chi connectivity index (χ0) is 21.3. The van der Waals surface area contributed by atoms with Crippen molar-refractivity contribution in [3.63, 3.8) is 0 Å². The molecule has 3 atom stereocenters. The van der Waals surface area contributed by atoms with Crippen LogP contribution in [0.5, 0.6) is 5.75 Å². The first kappa shape index (κ1) is 21.0. The van der Waals surface area contributed by atoms with E-state index in [0.717, 1.165) is 12.4 Å². The minimum absolute atomic E-state index is 0.0177. The highest BCUT2D eigenvalue weighted by Gasteiger charge is 2.42. The van der Waals surface area contributed by atoms with Crippen molar-refractivity contribution in [3.8, 4) is 5.75 Å². The summed E-state index contributed by atoms with van der Waals surface area (Å²) in [5.74, 6) is -2.04.